The van der Waals surface area contributed by atoms with Gasteiger partial charge in [0, 0.05) is 5.69 Å². The number of methoxy groups -OCH3 is 1. The van der Waals surface area contributed by atoms with Crippen LogP contribution in [0, 0.1) is 0 Å². The average Bonchev–Trinajstić information content (AvgIpc) is 3.11. The Balaban J connectivity index is 1.63. The van der Waals surface area contributed by atoms with Gasteiger partial charge in [-0.2, -0.15) is 5.10 Å². The topological polar surface area (TPSA) is 139 Å². The van der Waals surface area contributed by atoms with Crippen molar-refractivity contribution in [1.29, 1.82) is 0 Å². The molecule has 1 saturated heterocycles. The first kappa shape index (κ1) is 24.3. The molecule has 0 bridgehead atoms. The number of ether oxygens (including phenoxy) is 2. The summed E-state index contributed by atoms with van der Waals surface area (Å²) >= 11 is 4.41. The van der Waals surface area contributed by atoms with Crippen LogP contribution >= 0.6 is 27.7 Å². The van der Waals surface area contributed by atoms with Gasteiger partial charge in [-0.05, 0) is 45.8 Å². The van der Waals surface area contributed by atoms with Gasteiger partial charge in [-0.25, -0.2) is 0 Å². The Labute approximate surface area is 201 Å². The lowest BCUT2D eigenvalue weighted by atomic mass is 10.2. The highest BCUT2D eigenvalue weighted by Crippen LogP contribution is 2.36. The van der Waals surface area contributed by atoms with Crippen LogP contribution < -0.4 is 20.1 Å². The zero-order valence-corrected chi connectivity index (χ0v) is 19.7. The Hall–Kier alpha value is -3.38. The lowest BCUT2D eigenvalue weighted by Crippen LogP contribution is -2.26. The van der Waals surface area contributed by atoms with E-state index >= 15 is 0 Å². The van der Waals surface area contributed by atoms with E-state index in [1.807, 2.05) is 18.2 Å². The number of amides is 2. The zero-order chi connectivity index (χ0) is 23.8. The fourth-order valence-electron chi connectivity index (χ4n) is 2.70. The van der Waals surface area contributed by atoms with Gasteiger partial charge < -0.3 is 25.2 Å². The number of nitrogens with one attached hydrogen (secondary N) is 2. The Morgan fingerprint density at radius 2 is 2.06 bits per heavy atom. The maximum absolute atomic E-state index is 12.1. The Bertz CT molecular complexity index is 1110. The number of carboxylic acid groups (broad SMARTS) is 1. The molecule has 3 rings (SSSR count). The summed E-state index contributed by atoms with van der Waals surface area (Å²) in [4.78, 5) is 34.7. The van der Waals surface area contributed by atoms with E-state index in [0.29, 0.717) is 27.2 Å². The molecule has 1 aliphatic heterocycles. The average molecular weight is 535 g/mol. The van der Waals surface area contributed by atoms with Crippen molar-refractivity contribution in [3.05, 3.63) is 52.5 Å². The quantitative estimate of drug-likeness (QED) is 0.332. The second kappa shape index (κ2) is 11.5. The molecular formula is C21H19BrN4O6S. The molecule has 0 aromatic heterocycles. The second-order valence-corrected chi connectivity index (χ2v) is 8.63. The number of carbonyl (C=O) groups is 3. The number of hydrogen-bond acceptors (Lipinski definition) is 8. The zero-order valence-electron chi connectivity index (χ0n) is 17.3. The van der Waals surface area contributed by atoms with E-state index in [1.54, 1.807) is 24.3 Å². The number of benzene rings is 2. The number of carboxylic acids is 1. The van der Waals surface area contributed by atoms with Gasteiger partial charge in [0.15, 0.2) is 23.3 Å². The molecule has 1 unspecified atom stereocenters. The van der Waals surface area contributed by atoms with Crippen molar-refractivity contribution in [3.8, 4) is 11.5 Å². The standard InChI is InChI=1S/C21H19BrN4O6S/c1-31-15-8-12(10-23-26-21-25-20(30)16(33-21)9-18(28)29)7-14(22)19(15)32-11-17(27)24-13-5-3-2-4-6-13/h2-8,10,16H,9,11H2,1H3,(H,24,27)(H,28,29)(H,25,26,30). The number of thioether (sulfide) groups is 1. The molecule has 3 N–H and O–H groups in total. The van der Waals surface area contributed by atoms with Crippen LogP contribution in [-0.4, -0.2) is 53.2 Å². The van der Waals surface area contributed by atoms with E-state index in [-0.39, 0.29) is 24.1 Å². The maximum Gasteiger partial charge on any atom is 0.305 e. The van der Waals surface area contributed by atoms with Gasteiger partial charge in [0.05, 0.1) is 24.2 Å². The summed E-state index contributed by atoms with van der Waals surface area (Å²) in [5, 5.41) is 21.4. The summed E-state index contributed by atoms with van der Waals surface area (Å²) in [5.74, 6) is -1.09. The lowest BCUT2D eigenvalue weighted by Gasteiger charge is -2.13. The highest BCUT2D eigenvalue weighted by molar-refractivity contribution is 9.10. The van der Waals surface area contributed by atoms with E-state index < -0.39 is 17.1 Å². The largest absolute Gasteiger partial charge is 0.493 e. The molecule has 1 fully saturated rings. The first-order valence-corrected chi connectivity index (χ1v) is 11.2. The Morgan fingerprint density at radius 1 is 1.30 bits per heavy atom. The van der Waals surface area contributed by atoms with Crippen LogP contribution in [0.1, 0.15) is 12.0 Å². The second-order valence-electron chi connectivity index (χ2n) is 6.58. The predicted octanol–water partition coefficient (Wildman–Crippen LogP) is 2.87. The van der Waals surface area contributed by atoms with Gasteiger partial charge in [0.1, 0.15) is 5.25 Å². The Kier molecular flexibility index (Phi) is 8.44. The summed E-state index contributed by atoms with van der Waals surface area (Å²) in [6.07, 6.45) is 1.14. The van der Waals surface area contributed by atoms with Crippen LogP contribution in [-0.2, 0) is 14.4 Å². The number of amidine groups is 1. The predicted molar refractivity (Wildman–Crippen MR) is 128 cm³/mol. The summed E-state index contributed by atoms with van der Waals surface area (Å²) in [5.41, 5.74) is 1.27. The third-order valence-corrected chi connectivity index (χ3v) is 5.81. The smallest absolute Gasteiger partial charge is 0.305 e. The summed E-state index contributed by atoms with van der Waals surface area (Å²) in [7, 11) is 1.47. The van der Waals surface area contributed by atoms with Crippen molar-refractivity contribution in [1.82, 2.24) is 5.32 Å². The number of rotatable bonds is 9. The number of anilines is 1. The summed E-state index contributed by atoms with van der Waals surface area (Å²) in [6, 6.07) is 12.4. The lowest BCUT2D eigenvalue weighted by molar-refractivity contribution is -0.138. The summed E-state index contributed by atoms with van der Waals surface area (Å²) in [6.45, 7) is -0.223. The van der Waals surface area contributed by atoms with Crippen LogP contribution in [0.4, 0.5) is 5.69 Å². The van der Waals surface area contributed by atoms with Gasteiger partial charge >= 0.3 is 5.97 Å². The fraction of sp³-hybridized carbons (Fsp3) is 0.190. The number of para-hydroxylation sites is 1. The van der Waals surface area contributed by atoms with Crippen molar-refractivity contribution < 1.29 is 29.0 Å². The van der Waals surface area contributed by atoms with Crippen LogP contribution in [0.15, 0.2) is 57.1 Å². The minimum atomic E-state index is -1.07. The van der Waals surface area contributed by atoms with E-state index in [4.69, 9.17) is 14.6 Å². The molecule has 12 heteroatoms. The van der Waals surface area contributed by atoms with Crippen molar-refractivity contribution in [2.75, 3.05) is 19.0 Å². The molecule has 0 aliphatic carbocycles. The van der Waals surface area contributed by atoms with Gasteiger partial charge in [-0.3, -0.25) is 14.4 Å². The number of nitrogens with zero attached hydrogens (tertiary/aromatic N) is 2. The molecule has 2 aromatic carbocycles. The molecule has 172 valence electrons. The third kappa shape index (κ3) is 7.05. The molecule has 0 saturated carbocycles. The number of hydrogen-bond donors (Lipinski definition) is 3. The summed E-state index contributed by atoms with van der Waals surface area (Å²) < 4.78 is 11.5. The minimum Gasteiger partial charge on any atom is -0.493 e. The number of halogens is 1. The Morgan fingerprint density at radius 3 is 2.76 bits per heavy atom. The van der Waals surface area contributed by atoms with Gasteiger partial charge in [-0.1, -0.05) is 30.0 Å². The minimum absolute atomic E-state index is 0.220. The van der Waals surface area contributed by atoms with Crippen molar-refractivity contribution in [2.45, 2.75) is 11.7 Å². The van der Waals surface area contributed by atoms with Crippen LogP contribution in [0.3, 0.4) is 0 Å². The molecule has 10 nitrogen and oxygen atoms in total. The van der Waals surface area contributed by atoms with E-state index in [9.17, 15) is 14.4 Å². The molecule has 33 heavy (non-hydrogen) atoms. The highest BCUT2D eigenvalue weighted by Gasteiger charge is 2.32. The maximum atomic E-state index is 12.1. The molecule has 2 aromatic rings. The van der Waals surface area contributed by atoms with E-state index in [1.165, 1.54) is 13.3 Å². The van der Waals surface area contributed by atoms with Crippen molar-refractivity contribution >= 4 is 62.5 Å². The van der Waals surface area contributed by atoms with Crippen LogP contribution in [0.2, 0.25) is 0 Å². The van der Waals surface area contributed by atoms with Gasteiger partial charge in [0.2, 0.25) is 5.91 Å². The van der Waals surface area contributed by atoms with Gasteiger partial charge in [-0.15, -0.1) is 5.10 Å². The molecule has 0 radical (unpaired) electrons. The third-order valence-electron chi connectivity index (χ3n) is 4.15. The molecule has 1 heterocycles. The van der Waals surface area contributed by atoms with E-state index in [2.05, 4.69) is 36.8 Å². The van der Waals surface area contributed by atoms with Crippen LogP contribution in [0.5, 0.6) is 11.5 Å². The normalized spacial score (nSPS) is 16.6. The number of carbonyl (C=O) groups excluding carboxylic acids is 2. The molecule has 1 aliphatic rings. The molecule has 2 amide bonds. The molecule has 0 spiro atoms. The van der Waals surface area contributed by atoms with Crippen molar-refractivity contribution in [2.24, 2.45) is 10.2 Å². The monoisotopic (exact) mass is 534 g/mol. The van der Waals surface area contributed by atoms with Crippen LogP contribution in [0.25, 0.3) is 0 Å². The molecular weight excluding hydrogens is 516 g/mol. The molecule has 1 atom stereocenters. The first-order chi connectivity index (χ1) is 15.9. The fourth-order valence-corrected chi connectivity index (χ4v) is 4.19. The first-order valence-electron chi connectivity index (χ1n) is 9.51. The van der Waals surface area contributed by atoms with Gasteiger partial charge in [0.25, 0.3) is 5.91 Å². The highest BCUT2D eigenvalue weighted by atomic mass is 79.9. The van der Waals surface area contributed by atoms with Crippen molar-refractivity contribution in [3.63, 3.8) is 0 Å². The van der Waals surface area contributed by atoms with E-state index in [0.717, 1.165) is 11.8 Å². The number of aliphatic carboxylic acids is 1. The SMILES string of the molecule is COc1cc(C=NN=C2NC(=O)C(CC(=O)O)S2)cc(Br)c1OCC(=O)Nc1ccccc1.